The Kier molecular flexibility index (Phi) is 2.70. The van der Waals surface area contributed by atoms with Gasteiger partial charge in [0.25, 0.3) is 0 Å². The fourth-order valence-corrected chi connectivity index (χ4v) is 3.29. The zero-order chi connectivity index (χ0) is 11.9. The van der Waals surface area contributed by atoms with Crippen molar-refractivity contribution in [2.45, 2.75) is 45.1 Å². The molecule has 0 aromatic heterocycles. The van der Waals surface area contributed by atoms with E-state index < -0.39 is 17.4 Å². The molecule has 2 aliphatic carbocycles. The molecule has 1 saturated carbocycles. The van der Waals surface area contributed by atoms with E-state index in [1.165, 1.54) is 0 Å². The SMILES string of the molecule is CC1=C(O)CC2([C@H](N)C(=O)O)CCCC1C2. The van der Waals surface area contributed by atoms with Crippen LogP contribution in [-0.4, -0.2) is 22.2 Å². The monoisotopic (exact) mass is 225 g/mol. The van der Waals surface area contributed by atoms with Crippen LogP contribution in [-0.2, 0) is 4.79 Å². The normalized spacial score (nSPS) is 36.0. The number of carbonyl (C=O) groups is 1. The zero-order valence-electron chi connectivity index (χ0n) is 9.57. The molecule has 0 aromatic carbocycles. The van der Waals surface area contributed by atoms with Crippen LogP contribution in [0.5, 0.6) is 0 Å². The summed E-state index contributed by atoms with van der Waals surface area (Å²) in [5.41, 5.74) is 6.42. The lowest BCUT2D eigenvalue weighted by atomic mass is 9.59. The Balaban J connectivity index is 2.33. The number of aliphatic hydroxyl groups is 1. The van der Waals surface area contributed by atoms with Gasteiger partial charge in [-0.15, -0.1) is 0 Å². The second-order valence-electron chi connectivity index (χ2n) is 5.28. The Morgan fingerprint density at radius 1 is 1.62 bits per heavy atom. The van der Waals surface area contributed by atoms with Gasteiger partial charge in [0.15, 0.2) is 0 Å². The number of rotatable bonds is 2. The third-order valence-electron chi connectivity index (χ3n) is 4.39. The highest BCUT2D eigenvalue weighted by Gasteiger charge is 2.48. The third kappa shape index (κ3) is 1.61. The molecule has 3 atom stereocenters. The van der Waals surface area contributed by atoms with E-state index in [0.717, 1.165) is 31.3 Å². The molecule has 0 aromatic rings. The number of fused-ring (bicyclic) bond motifs is 2. The van der Waals surface area contributed by atoms with Gasteiger partial charge in [0.05, 0.1) is 5.76 Å². The number of nitrogens with two attached hydrogens (primary N) is 1. The molecular weight excluding hydrogens is 206 g/mol. The van der Waals surface area contributed by atoms with Crippen LogP contribution >= 0.6 is 0 Å². The van der Waals surface area contributed by atoms with E-state index in [2.05, 4.69) is 0 Å². The lowest BCUT2D eigenvalue weighted by molar-refractivity contribution is -0.143. The molecule has 2 rings (SSSR count). The van der Waals surface area contributed by atoms with Gasteiger partial charge >= 0.3 is 5.97 Å². The minimum atomic E-state index is -0.951. The Hall–Kier alpha value is -1.03. The maximum absolute atomic E-state index is 11.1. The lowest BCUT2D eigenvalue weighted by Gasteiger charge is -2.47. The Morgan fingerprint density at radius 3 is 2.94 bits per heavy atom. The molecule has 0 aliphatic heterocycles. The van der Waals surface area contributed by atoms with Crippen molar-refractivity contribution in [1.82, 2.24) is 0 Å². The van der Waals surface area contributed by atoms with Crippen molar-refractivity contribution in [3.8, 4) is 0 Å². The van der Waals surface area contributed by atoms with E-state index >= 15 is 0 Å². The van der Waals surface area contributed by atoms with Gasteiger partial charge in [-0.25, -0.2) is 0 Å². The van der Waals surface area contributed by atoms with E-state index in [1.807, 2.05) is 6.92 Å². The van der Waals surface area contributed by atoms with Gasteiger partial charge in [0, 0.05) is 11.8 Å². The van der Waals surface area contributed by atoms with E-state index in [-0.39, 0.29) is 0 Å². The van der Waals surface area contributed by atoms with E-state index in [4.69, 9.17) is 10.8 Å². The Morgan fingerprint density at radius 2 is 2.31 bits per heavy atom. The zero-order valence-corrected chi connectivity index (χ0v) is 9.57. The largest absolute Gasteiger partial charge is 0.512 e. The number of hydrogen-bond acceptors (Lipinski definition) is 3. The predicted octanol–water partition coefficient (Wildman–Crippen LogP) is 1.81. The van der Waals surface area contributed by atoms with Crippen molar-refractivity contribution in [1.29, 1.82) is 0 Å². The summed E-state index contributed by atoms with van der Waals surface area (Å²) in [6.45, 7) is 1.95. The first-order valence-electron chi connectivity index (χ1n) is 5.83. The minimum absolute atomic E-state index is 0.327. The van der Waals surface area contributed by atoms with Gasteiger partial charge in [-0.05, 0) is 37.7 Å². The summed E-state index contributed by atoms with van der Waals surface area (Å²) in [6.07, 6.45) is 4.12. The molecule has 0 heterocycles. The number of aliphatic carboxylic acids is 1. The average Bonchev–Trinajstić information content (AvgIpc) is 2.25. The first-order valence-corrected chi connectivity index (χ1v) is 5.83. The van der Waals surface area contributed by atoms with E-state index in [1.54, 1.807) is 0 Å². The molecule has 2 aliphatic rings. The first-order chi connectivity index (χ1) is 7.46. The van der Waals surface area contributed by atoms with Gasteiger partial charge in [-0.3, -0.25) is 4.79 Å². The van der Waals surface area contributed by atoms with Crippen molar-refractivity contribution in [2.75, 3.05) is 0 Å². The molecule has 16 heavy (non-hydrogen) atoms. The molecular formula is C12H19NO3. The summed E-state index contributed by atoms with van der Waals surface area (Å²) < 4.78 is 0. The Bertz CT molecular complexity index is 350. The van der Waals surface area contributed by atoms with Gasteiger partial charge < -0.3 is 15.9 Å². The van der Waals surface area contributed by atoms with Crippen molar-refractivity contribution in [3.63, 3.8) is 0 Å². The third-order valence-corrected chi connectivity index (χ3v) is 4.39. The first kappa shape index (κ1) is 11.5. The van der Waals surface area contributed by atoms with Crippen LogP contribution in [0.4, 0.5) is 0 Å². The van der Waals surface area contributed by atoms with Crippen LogP contribution in [0.3, 0.4) is 0 Å². The predicted molar refractivity (Wildman–Crippen MR) is 59.9 cm³/mol. The van der Waals surface area contributed by atoms with Gasteiger partial charge in [-0.1, -0.05) is 6.42 Å². The second kappa shape index (κ2) is 3.77. The van der Waals surface area contributed by atoms with Crippen molar-refractivity contribution in [3.05, 3.63) is 11.3 Å². The highest BCUT2D eigenvalue weighted by Crippen LogP contribution is 2.51. The van der Waals surface area contributed by atoms with Crippen LogP contribution in [0.1, 0.15) is 39.0 Å². The number of carboxylic acid groups (broad SMARTS) is 1. The van der Waals surface area contributed by atoms with Crippen LogP contribution in [0.2, 0.25) is 0 Å². The number of allylic oxidation sites excluding steroid dienone is 2. The number of carboxylic acids is 1. The summed E-state index contributed by atoms with van der Waals surface area (Å²) in [5.74, 6) is -0.256. The molecule has 2 unspecified atom stereocenters. The molecule has 2 bridgehead atoms. The van der Waals surface area contributed by atoms with E-state index in [0.29, 0.717) is 18.1 Å². The summed E-state index contributed by atoms with van der Waals surface area (Å²) in [4.78, 5) is 11.1. The summed E-state index contributed by atoms with van der Waals surface area (Å²) in [5, 5.41) is 19.0. The van der Waals surface area contributed by atoms with Crippen LogP contribution in [0, 0.1) is 11.3 Å². The second-order valence-corrected chi connectivity index (χ2v) is 5.28. The van der Waals surface area contributed by atoms with Crippen molar-refractivity contribution < 1.29 is 15.0 Å². The fraction of sp³-hybridized carbons (Fsp3) is 0.750. The van der Waals surface area contributed by atoms with Crippen molar-refractivity contribution in [2.24, 2.45) is 17.1 Å². The number of hydrogen-bond donors (Lipinski definition) is 3. The molecule has 0 saturated heterocycles. The molecule has 0 amide bonds. The van der Waals surface area contributed by atoms with Crippen LogP contribution in [0.15, 0.2) is 11.3 Å². The maximum Gasteiger partial charge on any atom is 0.321 e. The van der Waals surface area contributed by atoms with Gasteiger partial charge in [-0.2, -0.15) is 0 Å². The highest BCUT2D eigenvalue weighted by molar-refractivity contribution is 5.74. The molecule has 0 radical (unpaired) electrons. The number of aliphatic hydroxyl groups excluding tert-OH is 1. The smallest absolute Gasteiger partial charge is 0.321 e. The molecule has 4 N–H and O–H groups in total. The molecule has 90 valence electrons. The van der Waals surface area contributed by atoms with Crippen LogP contribution < -0.4 is 5.73 Å². The summed E-state index contributed by atoms with van der Waals surface area (Å²) >= 11 is 0. The standard InChI is InChI=1S/C12H19NO3/c1-7-8-3-2-4-12(5-8,6-9(7)14)10(13)11(15)16/h8,10,14H,2-6,13H2,1H3,(H,15,16)/t8?,10-,12?/m1/s1. The minimum Gasteiger partial charge on any atom is -0.512 e. The highest BCUT2D eigenvalue weighted by atomic mass is 16.4. The van der Waals surface area contributed by atoms with Gasteiger partial charge in [0.1, 0.15) is 6.04 Å². The maximum atomic E-state index is 11.1. The fourth-order valence-electron chi connectivity index (χ4n) is 3.29. The Labute approximate surface area is 95.1 Å². The average molecular weight is 225 g/mol. The summed E-state index contributed by atoms with van der Waals surface area (Å²) in [7, 11) is 0. The quantitative estimate of drug-likeness (QED) is 0.669. The molecule has 1 fully saturated rings. The molecule has 4 heteroatoms. The summed E-state index contributed by atoms with van der Waals surface area (Å²) in [6, 6.07) is -0.856. The van der Waals surface area contributed by atoms with Crippen LogP contribution in [0.25, 0.3) is 0 Å². The lowest BCUT2D eigenvalue weighted by Crippen LogP contribution is -2.51. The van der Waals surface area contributed by atoms with Gasteiger partial charge in [0.2, 0.25) is 0 Å². The van der Waals surface area contributed by atoms with Crippen molar-refractivity contribution >= 4 is 5.97 Å². The van der Waals surface area contributed by atoms with E-state index in [9.17, 15) is 9.90 Å². The molecule has 4 nitrogen and oxygen atoms in total. The molecule has 0 spiro atoms. The topological polar surface area (TPSA) is 83.5 Å².